The minimum Gasteiger partial charge on any atom is -0.482 e. The minimum atomic E-state index is -0.723. The number of hydrogen-bond acceptors (Lipinski definition) is 4. The molecule has 0 spiro atoms. The first-order chi connectivity index (χ1) is 9.85. The third-order valence-corrected chi connectivity index (χ3v) is 3.47. The summed E-state index contributed by atoms with van der Waals surface area (Å²) >= 11 is 4.37. The van der Waals surface area contributed by atoms with Gasteiger partial charge in [0.25, 0.3) is 0 Å². The van der Waals surface area contributed by atoms with E-state index in [1.165, 1.54) is 7.11 Å². The van der Waals surface area contributed by atoms with Gasteiger partial charge in [-0.1, -0.05) is 38.7 Å². The van der Waals surface area contributed by atoms with Crippen molar-refractivity contribution in [1.82, 2.24) is 0 Å². The Balaban J connectivity index is 3.07. The molecule has 0 amide bonds. The highest BCUT2D eigenvalue weighted by Gasteiger charge is 2.41. The highest BCUT2D eigenvalue weighted by Crippen LogP contribution is 2.41. The highest BCUT2D eigenvalue weighted by molar-refractivity contribution is 7.80. The van der Waals surface area contributed by atoms with E-state index < -0.39 is 11.6 Å². The summed E-state index contributed by atoms with van der Waals surface area (Å²) in [7, 11) is 1.36. The van der Waals surface area contributed by atoms with Crippen LogP contribution in [-0.2, 0) is 14.3 Å². The molecule has 0 aromatic carbocycles. The normalized spacial score (nSPS) is 24.0. The summed E-state index contributed by atoms with van der Waals surface area (Å²) in [6.45, 7) is 9.94. The van der Waals surface area contributed by atoms with Crippen LogP contribution in [0.2, 0.25) is 0 Å². The van der Waals surface area contributed by atoms with Crippen molar-refractivity contribution in [3.63, 3.8) is 0 Å². The van der Waals surface area contributed by atoms with E-state index in [9.17, 15) is 4.79 Å². The van der Waals surface area contributed by atoms with Crippen LogP contribution in [0.1, 0.15) is 33.6 Å². The van der Waals surface area contributed by atoms with Gasteiger partial charge in [-0.05, 0) is 19.4 Å². The zero-order valence-electron chi connectivity index (χ0n) is 13.2. The van der Waals surface area contributed by atoms with Gasteiger partial charge in [-0.3, -0.25) is 0 Å². The van der Waals surface area contributed by atoms with E-state index in [-0.39, 0.29) is 5.25 Å². The molecule has 0 aliphatic carbocycles. The molecule has 0 bridgehead atoms. The molecule has 0 saturated carbocycles. The van der Waals surface area contributed by atoms with Gasteiger partial charge in [0.15, 0.2) is 0 Å². The van der Waals surface area contributed by atoms with Gasteiger partial charge in [0, 0.05) is 17.2 Å². The van der Waals surface area contributed by atoms with Gasteiger partial charge in [0.1, 0.15) is 16.9 Å². The Kier molecular flexibility index (Phi) is 6.34. The average molecular weight is 308 g/mol. The van der Waals surface area contributed by atoms with Crippen molar-refractivity contribution < 1.29 is 14.3 Å². The van der Waals surface area contributed by atoms with Crippen LogP contribution in [0.15, 0.2) is 47.8 Å². The second kappa shape index (κ2) is 7.55. The summed E-state index contributed by atoms with van der Waals surface area (Å²) < 4.78 is 10.8. The first-order valence-corrected chi connectivity index (χ1v) is 7.60. The van der Waals surface area contributed by atoms with Crippen LogP contribution in [0, 0.1) is 0 Å². The predicted molar refractivity (Wildman–Crippen MR) is 89.3 cm³/mol. The Bertz CT molecular complexity index is 500. The number of carbonyl (C=O) groups is 1. The molecule has 3 nitrogen and oxygen atoms in total. The first-order valence-electron chi connectivity index (χ1n) is 7.08. The third kappa shape index (κ3) is 4.27. The topological polar surface area (TPSA) is 35.5 Å². The fourth-order valence-corrected chi connectivity index (χ4v) is 2.29. The maximum absolute atomic E-state index is 12.0. The molecule has 0 aromatic rings. The molecule has 0 aromatic heterocycles. The van der Waals surface area contributed by atoms with Gasteiger partial charge >= 0.3 is 5.97 Å². The second-order valence-electron chi connectivity index (χ2n) is 5.23. The zero-order chi connectivity index (χ0) is 16.0. The molecule has 2 unspecified atom stereocenters. The lowest BCUT2D eigenvalue weighted by Gasteiger charge is -2.23. The van der Waals surface area contributed by atoms with E-state index in [4.69, 9.17) is 9.47 Å². The lowest BCUT2D eigenvalue weighted by molar-refractivity contribution is -0.135. The van der Waals surface area contributed by atoms with Gasteiger partial charge in [-0.25, -0.2) is 4.79 Å². The number of methoxy groups -OCH3 is 1. The summed E-state index contributed by atoms with van der Waals surface area (Å²) in [6.07, 6.45) is 9.34. The van der Waals surface area contributed by atoms with E-state index >= 15 is 0 Å². The van der Waals surface area contributed by atoms with E-state index in [1.807, 2.05) is 38.2 Å². The van der Waals surface area contributed by atoms with Crippen LogP contribution in [0.25, 0.3) is 0 Å². The fourth-order valence-electron chi connectivity index (χ4n) is 2.12. The van der Waals surface area contributed by atoms with Gasteiger partial charge in [-0.2, -0.15) is 12.6 Å². The molecule has 116 valence electrons. The van der Waals surface area contributed by atoms with Gasteiger partial charge in [0.05, 0.1) is 7.11 Å². The summed E-state index contributed by atoms with van der Waals surface area (Å²) in [5.74, 6) is 0.186. The van der Waals surface area contributed by atoms with Gasteiger partial charge in [0.2, 0.25) is 0 Å². The van der Waals surface area contributed by atoms with Crippen molar-refractivity contribution in [2.45, 2.75) is 44.5 Å². The number of hydrogen-bond donors (Lipinski definition) is 1. The number of allylic oxidation sites excluding steroid dienone is 4. The molecule has 1 aliphatic rings. The van der Waals surface area contributed by atoms with Crippen LogP contribution in [0.4, 0.5) is 0 Å². The first kappa shape index (κ1) is 17.6. The number of esters is 1. The Morgan fingerprint density at radius 2 is 2.19 bits per heavy atom. The fraction of sp³-hybridized carbons (Fsp3) is 0.471. The quantitative estimate of drug-likeness (QED) is 0.458. The molecule has 21 heavy (non-hydrogen) atoms. The molecular weight excluding hydrogens is 284 g/mol. The van der Waals surface area contributed by atoms with Crippen LogP contribution in [-0.4, -0.2) is 23.9 Å². The van der Waals surface area contributed by atoms with Gasteiger partial charge in [-0.15, -0.1) is 0 Å². The summed E-state index contributed by atoms with van der Waals surface area (Å²) in [5.41, 5.74) is 0.337. The largest absolute Gasteiger partial charge is 0.482 e. The maximum Gasteiger partial charge on any atom is 0.341 e. The maximum atomic E-state index is 12.0. The second-order valence-corrected chi connectivity index (χ2v) is 6.11. The van der Waals surface area contributed by atoms with Crippen molar-refractivity contribution in [3.8, 4) is 0 Å². The third-order valence-electron chi connectivity index (χ3n) is 3.28. The molecule has 1 heterocycles. The number of carbonyl (C=O) groups excluding carboxylic acids is 1. The van der Waals surface area contributed by atoms with E-state index in [2.05, 4.69) is 26.1 Å². The molecule has 0 fully saturated rings. The monoisotopic (exact) mass is 308 g/mol. The molecule has 0 radical (unpaired) electrons. The van der Waals surface area contributed by atoms with Crippen molar-refractivity contribution in [2.24, 2.45) is 0 Å². The minimum absolute atomic E-state index is 0.0822. The van der Waals surface area contributed by atoms with Crippen molar-refractivity contribution >= 4 is 18.6 Å². The van der Waals surface area contributed by atoms with Crippen molar-refractivity contribution in [1.29, 1.82) is 0 Å². The van der Waals surface area contributed by atoms with Crippen molar-refractivity contribution in [3.05, 3.63) is 47.8 Å². The van der Waals surface area contributed by atoms with Crippen LogP contribution < -0.4 is 0 Å². The lowest BCUT2D eigenvalue weighted by Crippen LogP contribution is -2.24. The Morgan fingerprint density at radius 3 is 2.71 bits per heavy atom. The molecule has 1 rings (SSSR count). The highest BCUT2D eigenvalue weighted by atomic mass is 32.1. The molecule has 0 N–H and O–H groups in total. The van der Waals surface area contributed by atoms with E-state index in [0.717, 1.165) is 6.42 Å². The van der Waals surface area contributed by atoms with E-state index in [1.54, 1.807) is 0 Å². The molecule has 1 aliphatic heterocycles. The Morgan fingerprint density at radius 1 is 1.52 bits per heavy atom. The molecule has 4 heteroatoms. The average Bonchev–Trinajstić information content (AvgIpc) is 2.65. The lowest BCUT2D eigenvalue weighted by atomic mass is 9.92. The standard InChI is InChI=1S/C17H24O3S/c1-6-7-8-9-10-17(4)13(3)15(16(18)19-5)14(20-17)11-12(2)21/h7-10,12,21H,3,6,11H2,1-2,4-5H3/b8-7+,10-9+. The summed E-state index contributed by atoms with van der Waals surface area (Å²) in [5, 5.41) is 0.0822. The number of rotatable bonds is 6. The van der Waals surface area contributed by atoms with Crippen LogP contribution in [0.3, 0.4) is 0 Å². The smallest absolute Gasteiger partial charge is 0.341 e. The van der Waals surface area contributed by atoms with Crippen LogP contribution in [0.5, 0.6) is 0 Å². The number of thiol groups is 1. The SMILES string of the molecule is C=C1C(C(=O)OC)=C(CC(C)S)OC1(C)/C=C/C=C/CC. The molecular formula is C17H24O3S. The predicted octanol–water partition coefficient (Wildman–Crippen LogP) is 3.99. The molecule has 2 atom stereocenters. The molecule has 0 saturated heterocycles. The summed E-state index contributed by atoms with van der Waals surface area (Å²) in [6, 6.07) is 0. The Hall–Kier alpha value is -1.42. The van der Waals surface area contributed by atoms with E-state index in [0.29, 0.717) is 23.3 Å². The zero-order valence-corrected chi connectivity index (χ0v) is 14.1. The Labute approximate surface area is 132 Å². The number of ether oxygens (including phenoxy) is 2. The summed E-state index contributed by atoms with van der Waals surface area (Å²) in [4.78, 5) is 12.0. The van der Waals surface area contributed by atoms with Gasteiger partial charge < -0.3 is 9.47 Å². The van der Waals surface area contributed by atoms with Crippen LogP contribution >= 0.6 is 12.6 Å². The van der Waals surface area contributed by atoms with Crippen molar-refractivity contribution in [2.75, 3.05) is 7.11 Å².